The van der Waals surface area contributed by atoms with Crippen molar-refractivity contribution in [3.63, 3.8) is 0 Å². The topological polar surface area (TPSA) is 138 Å². The average Bonchev–Trinajstić information content (AvgIpc) is 2.23. The van der Waals surface area contributed by atoms with E-state index >= 15 is 0 Å². The predicted octanol–water partition coefficient (Wildman–Crippen LogP) is -4.02. The molecule has 7 heteroatoms. The number of aliphatic hydroxyl groups excluding tert-OH is 6. The second-order valence-corrected chi connectivity index (χ2v) is 2.85. The standard InChI is InChI=1S/C7H14O7/c8-1-3(10)5(12)7(14)6(13)4(11)2-9/h1,3-7,9-14H,2H2/t3-,4-,5-,6-,7-/m0/s1. The van der Waals surface area contributed by atoms with Gasteiger partial charge in [-0.1, -0.05) is 0 Å². The van der Waals surface area contributed by atoms with Crippen molar-refractivity contribution in [3.05, 3.63) is 0 Å². The zero-order valence-corrected chi connectivity index (χ0v) is 7.26. The smallest absolute Gasteiger partial charge is 0.151 e. The monoisotopic (exact) mass is 210 g/mol. The molecular formula is C7H14O7. The summed E-state index contributed by atoms with van der Waals surface area (Å²) in [5.74, 6) is 0. The van der Waals surface area contributed by atoms with Crippen LogP contribution in [0.1, 0.15) is 0 Å². The molecule has 0 amide bonds. The molecule has 0 rings (SSSR count). The molecule has 5 atom stereocenters. The highest BCUT2D eigenvalue weighted by molar-refractivity contribution is 5.56. The SMILES string of the molecule is O=C[C@H](O)[C@H](O)[C@H](O)[C@@H](O)[C@@H](O)CO. The van der Waals surface area contributed by atoms with E-state index in [1.807, 2.05) is 0 Å². The number of hydrogen-bond donors (Lipinski definition) is 6. The van der Waals surface area contributed by atoms with Crippen molar-refractivity contribution < 1.29 is 35.4 Å². The fraction of sp³-hybridized carbons (Fsp3) is 0.857. The maximum atomic E-state index is 10.00. The van der Waals surface area contributed by atoms with Gasteiger partial charge in [0.1, 0.15) is 30.5 Å². The zero-order valence-electron chi connectivity index (χ0n) is 7.26. The van der Waals surface area contributed by atoms with E-state index in [0.717, 1.165) is 0 Å². The maximum Gasteiger partial charge on any atom is 0.151 e. The molecule has 0 heterocycles. The first-order valence-electron chi connectivity index (χ1n) is 3.92. The van der Waals surface area contributed by atoms with Crippen LogP contribution in [0, 0.1) is 0 Å². The van der Waals surface area contributed by atoms with Crippen LogP contribution in [0.3, 0.4) is 0 Å². The van der Waals surface area contributed by atoms with Crippen molar-refractivity contribution in [1.29, 1.82) is 0 Å². The highest BCUT2D eigenvalue weighted by Gasteiger charge is 2.33. The summed E-state index contributed by atoms with van der Waals surface area (Å²) in [4.78, 5) is 10.00. The van der Waals surface area contributed by atoms with Crippen LogP contribution in [0.25, 0.3) is 0 Å². The van der Waals surface area contributed by atoms with E-state index in [-0.39, 0.29) is 6.29 Å². The number of carbonyl (C=O) groups is 1. The van der Waals surface area contributed by atoms with E-state index in [1.165, 1.54) is 0 Å². The Labute approximate surface area is 79.9 Å². The summed E-state index contributed by atoms with van der Waals surface area (Å²) in [6.45, 7) is -0.817. The largest absolute Gasteiger partial charge is 0.394 e. The van der Waals surface area contributed by atoms with Gasteiger partial charge >= 0.3 is 0 Å². The van der Waals surface area contributed by atoms with Crippen LogP contribution in [-0.4, -0.2) is 74.1 Å². The molecule has 6 N–H and O–H groups in total. The molecule has 0 saturated carbocycles. The molecule has 0 bridgehead atoms. The Morgan fingerprint density at radius 1 is 0.929 bits per heavy atom. The van der Waals surface area contributed by atoms with Gasteiger partial charge in [0.2, 0.25) is 0 Å². The Morgan fingerprint density at radius 2 is 1.43 bits per heavy atom. The van der Waals surface area contributed by atoms with E-state index in [1.54, 1.807) is 0 Å². The van der Waals surface area contributed by atoms with Crippen molar-refractivity contribution in [2.24, 2.45) is 0 Å². The number of carbonyl (C=O) groups excluding carboxylic acids is 1. The summed E-state index contributed by atoms with van der Waals surface area (Å²) >= 11 is 0. The molecule has 0 aliphatic carbocycles. The average molecular weight is 210 g/mol. The summed E-state index contributed by atoms with van der Waals surface area (Å²) in [5, 5.41) is 53.2. The molecule has 0 aliphatic rings. The van der Waals surface area contributed by atoms with Gasteiger partial charge in [0.05, 0.1) is 6.61 Å². The molecule has 84 valence electrons. The van der Waals surface area contributed by atoms with Crippen LogP contribution in [0.4, 0.5) is 0 Å². The normalized spacial score (nSPS) is 22.1. The van der Waals surface area contributed by atoms with Gasteiger partial charge in [0, 0.05) is 0 Å². The molecule has 0 aromatic rings. The van der Waals surface area contributed by atoms with E-state index in [4.69, 9.17) is 30.6 Å². The number of rotatable bonds is 6. The predicted molar refractivity (Wildman–Crippen MR) is 43.2 cm³/mol. The Hall–Kier alpha value is -0.570. The number of aldehydes is 1. The van der Waals surface area contributed by atoms with Gasteiger partial charge in [-0.3, -0.25) is 0 Å². The van der Waals surface area contributed by atoms with E-state index in [0.29, 0.717) is 0 Å². The van der Waals surface area contributed by atoms with Gasteiger partial charge in [-0.15, -0.1) is 0 Å². The quantitative estimate of drug-likeness (QED) is 0.245. The Kier molecular flexibility index (Phi) is 5.77. The molecular weight excluding hydrogens is 196 g/mol. The number of hydrogen-bond acceptors (Lipinski definition) is 7. The summed E-state index contributed by atoms with van der Waals surface area (Å²) in [7, 11) is 0. The molecule has 14 heavy (non-hydrogen) atoms. The molecule has 0 saturated heterocycles. The molecule has 0 unspecified atom stereocenters. The lowest BCUT2D eigenvalue weighted by molar-refractivity contribution is -0.147. The number of aliphatic hydroxyl groups is 6. The molecule has 0 fully saturated rings. The summed E-state index contributed by atoms with van der Waals surface area (Å²) in [5.41, 5.74) is 0. The van der Waals surface area contributed by atoms with Crippen LogP contribution in [0.5, 0.6) is 0 Å². The van der Waals surface area contributed by atoms with Crippen LogP contribution >= 0.6 is 0 Å². The van der Waals surface area contributed by atoms with Gasteiger partial charge in [-0.2, -0.15) is 0 Å². The minimum atomic E-state index is -1.92. The minimum absolute atomic E-state index is 0.0219. The maximum absolute atomic E-state index is 10.00. The molecule has 0 aromatic carbocycles. The summed E-state index contributed by atoms with van der Waals surface area (Å²) < 4.78 is 0. The Morgan fingerprint density at radius 3 is 1.79 bits per heavy atom. The third-order valence-corrected chi connectivity index (χ3v) is 1.77. The van der Waals surface area contributed by atoms with Crippen molar-refractivity contribution in [2.45, 2.75) is 30.5 Å². The third kappa shape index (κ3) is 3.29. The molecule has 0 spiro atoms. The Bertz CT molecular complexity index is 173. The molecule has 7 nitrogen and oxygen atoms in total. The van der Waals surface area contributed by atoms with Crippen LogP contribution in [0.15, 0.2) is 0 Å². The fourth-order valence-electron chi connectivity index (χ4n) is 0.820. The van der Waals surface area contributed by atoms with Crippen molar-refractivity contribution in [2.75, 3.05) is 6.61 Å². The molecule has 0 radical (unpaired) electrons. The van der Waals surface area contributed by atoms with E-state index < -0.39 is 37.1 Å². The molecule has 0 aliphatic heterocycles. The van der Waals surface area contributed by atoms with Gasteiger partial charge in [0.15, 0.2) is 6.29 Å². The first-order valence-corrected chi connectivity index (χ1v) is 3.92. The van der Waals surface area contributed by atoms with Crippen molar-refractivity contribution in [3.8, 4) is 0 Å². The molecule has 0 aromatic heterocycles. The van der Waals surface area contributed by atoms with Gasteiger partial charge < -0.3 is 35.4 Å². The van der Waals surface area contributed by atoms with Crippen molar-refractivity contribution in [1.82, 2.24) is 0 Å². The third-order valence-electron chi connectivity index (χ3n) is 1.77. The summed E-state index contributed by atoms with van der Waals surface area (Å²) in [6.07, 6.45) is -9.21. The lowest BCUT2D eigenvalue weighted by Gasteiger charge is -2.26. The van der Waals surface area contributed by atoms with E-state index in [2.05, 4.69) is 0 Å². The minimum Gasteiger partial charge on any atom is -0.394 e. The van der Waals surface area contributed by atoms with Gasteiger partial charge in [0.25, 0.3) is 0 Å². The van der Waals surface area contributed by atoms with E-state index in [9.17, 15) is 4.79 Å². The van der Waals surface area contributed by atoms with Crippen LogP contribution in [-0.2, 0) is 4.79 Å². The van der Waals surface area contributed by atoms with Gasteiger partial charge in [-0.25, -0.2) is 0 Å². The lowest BCUT2D eigenvalue weighted by Crippen LogP contribution is -2.50. The highest BCUT2D eigenvalue weighted by Crippen LogP contribution is 2.07. The summed E-state index contributed by atoms with van der Waals surface area (Å²) in [6, 6.07) is 0. The lowest BCUT2D eigenvalue weighted by atomic mass is 10.0. The first-order chi connectivity index (χ1) is 6.45. The van der Waals surface area contributed by atoms with Gasteiger partial charge in [-0.05, 0) is 0 Å². The zero-order chi connectivity index (χ0) is 11.3. The Balaban J connectivity index is 4.29. The van der Waals surface area contributed by atoms with Crippen LogP contribution < -0.4 is 0 Å². The fourth-order valence-corrected chi connectivity index (χ4v) is 0.820. The highest BCUT2D eigenvalue weighted by atomic mass is 16.4. The van der Waals surface area contributed by atoms with Crippen molar-refractivity contribution >= 4 is 6.29 Å². The second kappa shape index (κ2) is 6.02. The second-order valence-electron chi connectivity index (χ2n) is 2.85. The first kappa shape index (κ1) is 13.4. The van der Waals surface area contributed by atoms with Crippen LogP contribution in [0.2, 0.25) is 0 Å².